The van der Waals surface area contributed by atoms with Gasteiger partial charge < -0.3 is 20.3 Å². The van der Waals surface area contributed by atoms with Gasteiger partial charge in [-0.25, -0.2) is 0 Å². The highest BCUT2D eigenvalue weighted by atomic mass is 16.5. The Morgan fingerprint density at radius 2 is 1.65 bits per heavy atom. The molecule has 0 spiro atoms. The number of carbonyl (C=O) groups is 3. The van der Waals surface area contributed by atoms with Gasteiger partial charge in [-0.2, -0.15) is 0 Å². The average Bonchev–Trinajstić information content (AvgIpc) is 2.88. The first-order valence-electron chi connectivity index (χ1n) is 11.6. The zero-order chi connectivity index (χ0) is 23.9. The maximum absolute atomic E-state index is 13.1. The third-order valence-electron chi connectivity index (χ3n) is 6.04. The van der Waals surface area contributed by atoms with E-state index in [1.165, 1.54) is 0 Å². The van der Waals surface area contributed by atoms with Crippen LogP contribution in [0.3, 0.4) is 0 Å². The van der Waals surface area contributed by atoms with E-state index in [0.29, 0.717) is 49.5 Å². The second-order valence-corrected chi connectivity index (χ2v) is 8.35. The molecule has 1 aliphatic heterocycles. The standard InChI is InChI=1S/C27H29N3O4/c1-2-28-25(31)18-34-22-12-10-21(11-13-22)29-26(32)20-14-16-30(17-15-20)27(33)24-9-5-7-19-6-3-4-8-23(19)24/h3-13,20H,2,14-18H2,1H3,(H,28,31)(H,29,32). The summed E-state index contributed by atoms with van der Waals surface area (Å²) >= 11 is 0. The van der Waals surface area contributed by atoms with E-state index in [1.54, 1.807) is 24.3 Å². The molecule has 2 N–H and O–H groups in total. The van der Waals surface area contributed by atoms with Crippen molar-refractivity contribution in [3.05, 3.63) is 72.3 Å². The number of hydrogen-bond acceptors (Lipinski definition) is 4. The van der Waals surface area contributed by atoms with Crippen LogP contribution in [0.15, 0.2) is 66.7 Å². The molecule has 0 bridgehead atoms. The van der Waals surface area contributed by atoms with Crippen molar-refractivity contribution in [1.29, 1.82) is 0 Å². The molecular weight excluding hydrogens is 430 g/mol. The Labute approximate surface area is 199 Å². The molecule has 3 amide bonds. The van der Waals surface area contributed by atoms with Gasteiger partial charge in [0.25, 0.3) is 11.8 Å². The number of benzene rings is 3. The van der Waals surface area contributed by atoms with Crippen LogP contribution in [0.25, 0.3) is 10.8 Å². The van der Waals surface area contributed by atoms with Crippen LogP contribution in [0.5, 0.6) is 5.75 Å². The number of carbonyl (C=O) groups excluding carboxylic acids is 3. The van der Waals surface area contributed by atoms with Gasteiger partial charge in [0.15, 0.2) is 6.61 Å². The Morgan fingerprint density at radius 1 is 0.941 bits per heavy atom. The van der Waals surface area contributed by atoms with Crippen molar-refractivity contribution in [2.75, 3.05) is 31.6 Å². The molecule has 0 unspecified atom stereocenters. The van der Waals surface area contributed by atoms with Crippen LogP contribution in [0.4, 0.5) is 5.69 Å². The lowest BCUT2D eigenvalue weighted by Crippen LogP contribution is -2.41. The second kappa shape index (κ2) is 10.8. The molecule has 7 heteroatoms. The van der Waals surface area contributed by atoms with Gasteiger partial charge in [-0.3, -0.25) is 14.4 Å². The van der Waals surface area contributed by atoms with Crippen molar-refractivity contribution >= 4 is 34.2 Å². The van der Waals surface area contributed by atoms with E-state index in [2.05, 4.69) is 10.6 Å². The quantitative estimate of drug-likeness (QED) is 0.562. The van der Waals surface area contributed by atoms with Crippen molar-refractivity contribution < 1.29 is 19.1 Å². The van der Waals surface area contributed by atoms with E-state index < -0.39 is 0 Å². The fraction of sp³-hybridized carbons (Fsp3) is 0.296. The summed E-state index contributed by atoms with van der Waals surface area (Å²) in [5, 5.41) is 7.61. The molecule has 0 atom stereocenters. The third-order valence-corrected chi connectivity index (χ3v) is 6.04. The van der Waals surface area contributed by atoms with Gasteiger partial charge in [0.2, 0.25) is 5.91 Å². The van der Waals surface area contributed by atoms with Crippen LogP contribution < -0.4 is 15.4 Å². The number of likely N-dealkylation sites (tertiary alicyclic amines) is 1. The molecule has 7 nitrogen and oxygen atoms in total. The molecule has 3 aromatic carbocycles. The molecule has 176 valence electrons. The van der Waals surface area contributed by atoms with Gasteiger partial charge in [-0.1, -0.05) is 36.4 Å². The van der Waals surface area contributed by atoms with Gasteiger partial charge in [0, 0.05) is 36.8 Å². The fourth-order valence-corrected chi connectivity index (χ4v) is 4.20. The smallest absolute Gasteiger partial charge is 0.257 e. The minimum Gasteiger partial charge on any atom is -0.484 e. The molecule has 1 heterocycles. The van der Waals surface area contributed by atoms with E-state index in [4.69, 9.17) is 4.74 Å². The molecule has 34 heavy (non-hydrogen) atoms. The van der Waals surface area contributed by atoms with Gasteiger partial charge in [-0.15, -0.1) is 0 Å². The number of hydrogen-bond donors (Lipinski definition) is 2. The molecule has 1 aliphatic rings. The number of nitrogens with one attached hydrogen (secondary N) is 2. The first kappa shape index (κ1) is 23.3. The topological polar surface area (TPSA) is 87.7 Å². The van der Waals surface area contributed by atoms with Crippen LogP contribution in [0.2, 0.25) is 0 Å². The van der Waals surface area contributed by atoms with E-state index in [9.17, 15) is 14.4 Å². The molecule has 4 rings (SSSR count). The van der Waals surface area contributed by atoms with Gasteiger partial charge >= 0.3 is 0 Å². The van der Waals surface area contributed by atoms with Crippen molar-refractivity contribution in [2.45, 2.75) is 19.8 Å². The summed E-state index contributed by atoms with van der Waals surface area (Å²) in [5.74, 6) is 0.201. The number of nitrogens with zero attached hydrogens (tertiary/aromatic N) is 1. The highest BCUT2D eigenvalue weighted by Crippen LogP contribution is 2.25. The van der Waals surface area contributed by atoms with Gasteiger partial charge in [0.05, 0.1) is 0 Å². The van der Waals surface area contributed by atoms with E-state index in [0.717, 1.165) is 10.8 Å². The zero-order valence-electron chi connectivity index (χ0n) is 19.3. The molecular formula is C27H29N3O4. The summed E-state index contributed by atoms with van der Waals surface area (Å²) in [6.07, 6.45) is 1.24. The monoisotopic (exact) mass is 459 g/mol. The number of likely N-dealkylation sites (N-methyl/N-ethyl adjacent to an activating group) is 1. The van der Waals surface area contributed by atoms with Crippen molar-refractivity contribution in [1.82, 2.24) is 10.2 Å². The molecule has 3 aromatic rings. The van der Waals surface area contributed by atoms with Gasteiger partial charge in [-0.05, 0) is 60.9 Å². The van der Waals surface area contributed by atoms with Crippen molar-refractivity contribution in [3.63, 3.8) is 0 Å². The van der Waals surface area contributed by atoms with Crippen LogP contribution in [-0.4, -0.2) is 48.9 Å². The van der Waals surface area contributed by atoms with E-state index in [1.807, 2.05) is 54.3 Å². The lowest BCUT2D eigenvalue weighted by molar-refractivity contribution is -0.123. The molecule has 0 aromatic heterocycles. The zero-order valence-corrected chi connectivity index (χ0v) is 19.3. The Hall–Kier alpha value is -3.87. The molecule has 0 saturated carbocycles. The highest BCUT2D eigenvalue weighted by Gasteiger charge is 2.28. The fourth-order valence-electron chi connectivity index (χ4n) is 4.20. The first-order chi connectivity index (χ1) is 16.5. The second-order valence-electron chi connectivity index (χ2n) is 8.35. The van der Waals surface area contributed by atoms with Crippen LogP contribution >= 0.6 is 0 Å². The Morgan fingerprint density at radius 3 is 2.38 bits per heavy atom. The first-order valence-corrected chi connectivity index (χ1v) is 11.6. The summed E-state index contributed by atoms with van der Waals surface area (Å²) < 4.78 is 5.43. The maximum atomic E-state index is 13.1. The molecule has 1 saturated heterocycles. The summed E-state index contributed by atoms with van der Waals surface area (Å²) in [7, 11) is 0. The number of ether oxygens (including phenoxy) is 1. The molecule has 1 fully saturated rings. The molecule has 0 aliphatic carbocycles. The van der Waals surface area contributed by atoms with Crippen molar-refractivity contribution in [2.24, 2.45) is 5.92 Å². The minimum atomic E-state index is -0.176. The average molecular weight is 460 g/mol. The lowest BCUT2D eigenvalue weighted by Gasteiger charge is -2.31. The predicted molar refractivity (Wildman–Crippen MR) is 132 cm³/mol. The van der Waals surface area contributed by atoms with Gasteiger partial charge in [0.1, 0.15) is 5.75 Å². The number of rotatable bonds is 7. The van der Waals surface area contributed by atoms with E-state index >= 15 is 0 Å². The van der Waals surface area contributed by atoms with Crippen LogP contribution in [0.1, 0.15) is 30.1 Å². The Balaban J connectivity index is 1.29. The summed E-state index contributed by atoms with van der Waals surface area (Å²) in [6.45, 7) is 3.46. The predicted octanol–water partition coefficient (Wildman–Crippen LogP) is 3.85. The minimum absolute atomic E-state index is 0.0128. The van der Waals surface area contributed by atoms with Crippen LogP contribution in [-0.2, 0) is 9.59 Å². The number of fused-ring (bicyclic) bond motifs is 1. The van der Waals surface area contributed by atoms with E-state index in [-0.39, 0.29) is 30.2 Å². The lowest BCUT2D eigenvalue weighted by atomic mass is 9.94. The number of piperidine rings is 1. The Bertz CT molecular complexity index is 1160. The largest absolute Gasteiger partial charge is 0.484 e. The summed E-state index contributed by atoms with van der Waals surface area (Å²) in [6, 6.07) is 20.6. The normalized spacial score (nSPS) is 14.0. The number of anilines is 1. The SMILES string of the molecule is CCNC(=O)COc1ccc(NC(=O)C2CCN(C(=O)c3cccc4ccccc34)CC2)cc1. The number of amides is 3. The Kier molecular flexibility index (Phi) is 7.42. The maximum Gasteiger partial charge on any atom is 0.257 e. The summed E-state index contributed by atoms with van der Waals surface area (Å²) in [5.41, 5.74) is 1.38. The van der Waals surface area contributed by atoms with Crippen molar-refractivity contribution in [3.8, 4) is 5.75 Å². The third kappa shape index (κ3) is 5.54. The molecule has 0 radical (unpaired) electrons. The van der Waals surface area contributed by atoms with Crippen LogP contribution in [0, 0.1) is 5.92 Å². The summed E-state index contributed by atoms with van der Waals surface area (Å²) in [4.78, 5) is 39.2. The highest BCUT2D eigenvalue weighted by molar-refractivity contribution is 6.07.